The zero-order valence-electron chi connectivity index (χ0n) is 22.1. The van der Waals surface area contributed by atoms with E-state index in [0.717, 1.165) is 16.6 Å². The first kappa shape index (κ1) is 28.0. The second kappa shape index (κ2) is 12.2. The van der Waals surface area contributed by atoms with Crippen molar-refractivity contribution in [3.8, 4) is 5.75 Å². The number of fused-ring (bicyclic) bond motifs is 1. The Morgan fingerprint density at radius 1 is 1.21 bits per heavy atom. The number of benzene rings is 3. The fraction of sp³-hybridized carbons (Fsp3) is 0.241. The summed E-state index contributed by atoms with van der Waals surface area (Å²) >= 11 is 3.42. The van der Waals surface area contributed by atoms with E-state index in [-0.39, 0.29) is 18.1 Å². The Morgan fingerprint density at radius 3 is 2.72 bits per heavy atom. The Balaban J connectivity index is 1.68. The smallest absolute Gasteiger partial charge is 0.282 e. The Kier molecular flexibility index (Phi) is 8.75. The van der Waals surface area contributed by atoms with Gasteiger partial charge in [-0.2, -0.15) is 9.78 Å². The summed E-state index contributed by atoms with van der Waals surface area (Å²) in [6.45, 7) is 3.71. The highest BCUT2D eigenvalue weighted by Crippen LogP contribution is 2.25. The standard InChI is InChI=1S/C29H29BrFN5O3/c1-5-18(2)28-34-25-12-10-20(30)13-24(25)29(38)36(28)32-16-19-9-11-23(35(3)4)15-26(19)39-17-27(37)33-22-8-6-7-21(31)14-22/h6-16,18H,5,17H2,1-4H3,(H,33,37)/t18-/m1/s1. The molecule has 8 nitrogen and oxygen atoms in total. The summed E-state index contributed by atoms with van der Waals surface area (Å²) in [7, 11) is 3.78. The first-order valence-electron chi connectivity index (χ1n) is 12.4. The predicted molar refractivity (Wildman–Crippen MR) is 157 cm³/mol. The van der Waals surface area contributed by atoms with Gasteiger partial charge in [0.2, 0.25) is 0 Å². The maximum Gasteiger partial charge on any atom is 0.282 e. The number of hydrogen-bond donors (Lipinski definition) is 1. The van der Waals surface area contributed by atoms with E-state index in [2.05, 4.69) is 26.3 Å². The zero-order valence-corrected chi connectivity index (χ0v) is 23.7. The van der Waals surface area contributed by atoms with Gasteiger partial charge in [0.15, 0.2) is 6.61 Å². The summed E-state index contributed by atoms with van der Waals surface area (Å²) in [6.07, 6.45) is 2.30. The van der Waals surface area contributed by atoms with Crippen molar-refractivity contribution in [2.45, 2.75) is 26.2 Å². The van der Waals surface area contributed by atoms with Crippen molar-refractivity contribution in [1.29, 1.82) is 0 Å². The molecule has 10 heteroatoms. The van der Waals surface area contributed by atoms with Gasteiger partial charge >= 0.3 is 0 Å². The van der Waals surface area contributed by atoms with Gasteiger partial charge in [0.05, 0.1) is 17.1 Å². The number of anilines is 2. The molecule has 202 valence electrons. The van der Waals surface area contributed by atoms with Gasteiger partial charge in [-0.15, -0.1) is 0 Å². The minimum absolute atomic E-state index is 0.0127. The zero-order chi connectivity index (χ0) is 28.1. The second-order valence-electron chi connectivity index (χ2n) is 9.27. The van der Waals surface area contributed by atoms with Crippen molar-refractivity contribution in [3.63, 3.8) is 0 Å². The molecule has 0 saturated carbocycles. The number of nitrogens with one attached hydrogen (secondary N) is 1. The molecule has 0 saturated heterocycles. The first-order chi connectivity index (χ1) is 18.7. The van der Waals surface area contributed by atoms with Crippen LogP contribution < -0.4 is 20.5 Å². The molecule has 1 atom stereocenters. The largest absolute Gasteiger partial charge is 0.483 e. The number of halogens is 2. The Labute approximate surface area is 234 Å². The first-order valence-corrected chi connectivity index (χ1v) is 13.2. The number of ether oxygens (including phenoxy) is 1. The highest BCUT2D eigenvalue weighted by atomic mass is 79.9. The number of nitrogens with zero attached hydrogens (tertiary/aromatic N) is 4. The van der Waals surface area contributed by atoms with Crippen LogP contribution in [-0.4, -0.2) is 42.5 Å². The van der Waals surface area contributed by atoms with Gasteiger partial charge in [0, 0.05) is 47.5 Å². The van der Waals surface area contributed by atoms with E-state index >= 15 is 0 Å². The van der Waals surface area contributed by atoms with E-state index in [0.29, 0.717) is 33.7 Å². The number of carbonyl (C=O) groups is 1. The third-order valence-electron chi connectivity index (χ3n) is 6.18. The average Bonchev–Trinajstić information content (AvgIpc) is 2.91. The molecule has 1 amide bonds. The third-order valence-corrected chi connectivity index (χ3v) is 6.67. The average molecular weight is 594 g/mol. The lowest BCUT2D eigenvalue weighted by Crippen LogP contribution is -2.24. The summed E-state index contributed by atoms with van der Waals surface area (Å²) in [5.41, 5.74) is 2.07. The van der Waals surface area contributed by atoms with E-state index in [1.807, 2.05) is 51.0 Å². The Hall–Kier alpha value is -4.05. The third kappa shape index (κ3) is 6.69. The SMILES string of the molecule is CC[C@@H](C)c1nc2ccc(Br)cc2c(=O)n1N=Cc1ccc(N(C)C)cc1OCC(=O)Nc1cccc(F)c1. The topological polar surface area (TPSA) is 88.8 Å². The van der Waals surface area contributed by atoms with E-state index in [4.69, 9.17) is 9.72 Å². The molecule has 0 bridgehead atoms. The van der Waals surface area contributed by atoms with Crippen LogP contribution in [0.15, 0.2) is 75.0 Å². The van der Waals surface area contributed by atoms with E-state index < -0.39 is 11.7 Å². The van der Waals surface area contributed by atoms with Gasteiger partial charge in [-0.25, -0.2) is 9.37 Å². The van der Waals surface area contributed by atoms with Crippen LogP contribution in [-0.2, 0) is 4.79 Å². The van der Waals surface area contributed by atoms with Gasteiger partial charge in [-0.1, -0.05) is 35.8 Å². The molecule has 4 aromatic rings. The van der Waals surface area contributed by atoms with Crippen molar-refractivity contribution in [3.05, 3.63) is 92.7 Å². The summed E-state index contributed by atoms with van der Waals surface area (Å²) in [5, 5.41) is 7.59. The maximum atomic E-state index is 13.5. The summed E-state index contributed by atoms with van der Waals surface area (Å²) in [4.78, 5) is 32.6. The molecule has 1 aromatic heterocycles. The van der Waals surface area contributed by atoms with Crippen LogP contribution in [0, 0.1) is 5.82 Å². The van der Waals surface area contributed by atoms with Gasteiger partial charge in [-0.05, 0) is 55.0 Å². The van der Waals surface area contributed by atoms with Crippen LogP contribution in [0.3, 0.4) is 0 Å². The lowest BCUT2D eigenvalue weighted by molar-refractivity contribution is -0.118. The quantitative estimate of drug-likeness (QED) is 0.249. The van der Waals surface area contributed by atoms with Gasteiger partial charge in [0.1, 0.15) is 17.4 Å². The van der Waals surface area contributed by atoms with Crippen molar-refractivity contribution < 1.29 is 13.9 Å². The van der Waals surface area contributed by atoms with E-state index in [1.165, 1.54) is 29.1 Å². The minimum Gasteiger partial charge on any atom is -0.483 e. The Morgan fingerprint density at radius 2 is 2.00 bits per heavy atom. The number of aromatic nitrogens is 2. The maximum absolute atomic E-state index is 13.5. The van der Waals surface area contributed by atoms with Crippen molar-refractivity contribution >= 4 is 50.3 Å². The van der Waals surface area contributed by atoms with Gasteiger partial charge in [0.25, 0.3) is 11.5 Å². The number of hydrogen-bond acceptors (Lipinski definition) is 6. The molecule has 3 aromatic carbocycles. The molecule has 0 spiro atoms. The van der Waals surface area contributed by atoms with Crippen LogP contribution in [0.2, 0.25) is 0 Å². The summed E-state index contributed by atoms with van der Waals surface area (Å²) < 4.78 is 21.4. The molecule has 39 heavy (non-hydrogen) atoms. The molecular formula is C29H29BrFN5O3. The molecule has 1 N–H and O–H groups in total. The van der Waals surface area contributed by atoms with Gasteiger partial charge in [-0.3, -0.25) is 9.59 Å². The normalized spacial score (nSPS) is 12.1. The molecular weight excluding hydrogens is 565 g/mol. The number of rotatable bonds is 9. The minimum atomic E-state index is -0.451. The van der Waals surface area contributed by atoms with Crippen LogP contribution in [0.25, 0.3) is 10.9 Å². The second-order valence-corrected chi connectivity index (χ2v) is 10.2. The van der Waals surface area contributed by atoms with E-state index in [9.17, 15) is 14.0 Å². The van der Waals surface area contributed by atoms with Crippen LogP contribution in [0.1, 0.15) is 37.6 Å². The predicted octanol–water partition coefficient (Wildman–Crippen LogP) is 5.78. The molecule has 1 heterocycles. The molecule has 0 aliphatic carbocycles. The molecule has 0 fully saturated rings. The summed E-state index contributed by atoms with van der Waals surface area (Å²) in [5.74, 6) is 0.0393. The summed E-state index contributed by atoms with van der Waals surface area (Å²) in [6, 6.07) is 16.5. The van der Waals surface area contributed by atoms with Crippen molar-refractivity contribution in [1.82, 2.24) is 9.66 Å². The highest BCUT2D eigenvalue weighted by molar-refractivity contribution is 9.10. The molecule has 4 rings (SSSR count). The number of carbonyl (C=O) groups excluding carboxylic acids is 1. The molecule has 0 radical (unpaired) electrons. The van der Waals surface area contributed by atoms with Crippen molar-refractivity contribution in [2.24, 2.45) is 5.10 Å². The fourth-order valence-electron chi connectivity index (χ4n) is 3.84. The van der Waals surface area contributed by atoms with Crippen LogP contribution in [0.4, 0.5) is 15.8 Å². The van der Waals surface area contributed by atoms with E-state index in [1.54, 1.807) is 24.3 Å². The number of amides is 1. The Bertz CT molecular complexity index is 1600. The molecule has 0 unspecified atom stereocenters. The highest BCUT2D eigenvalue weighted by Gasteiger charge is 2.16. The van der Waals surface area contributed by atoms with Crippen LogP contribution >= 0.6 is 15.9 Å². The molecule has 0 aliphatic rings. The van der Waals surface area contributed by atoms with Crippen molar-refractivity contribution in [2.75, 3.05) is 30.9 Å². The lowest BCUT2D eigenvalue weighted by atomic mass is 10.1. The molecule has 0 aliphatic heterocycles. The monoisotopic (exact) mass is 593 g/mol. The van der Waals surface area contributed by atoms with Crippen LogP contribution in [0.5, 0.6) is 5.75 Å². The lowest BCUT2D eigenvalue weighted by Gasteiger charge is -2.16. The fourth-order valence-corrected chi connectivity index (χ4v) is 4.20. The van der Waals surface area contributed by atoms with Gasteiger partial charge < -0.3 is 15.0 Å².